The van der Waals surface area contributed by atoms with Gasteiger partial charge in [-0.3, -0.25) is 9.59 Å². The van der Waals surface area contributed by atoms with Crippen LogP contribution in [0.15, 0.2) is 60.7 Å². The van der Waals surface area contributed by atoms with E-state index in [2.05, 4.69) is 5.32 Å². The lowest BCUT2D eigenvalue weighted by Gasteiger charge is -2.25. The van der Waals surface area contributed by atoms with Crippen molar-refractivity contribution in [3.8, 4) is 23.0 Å². The molecule has 3 aromatic carbocycles. The maximum Gasteiger partial charge on any atom is 0.255 e. The van der Waals surface area contributed by atoms with Crippen molar-refractivity contribution in [2.75, 3.05) is 40.5 Å². The number of nitrogens with zero attached hydrogens (tertiary/aromatic N) is 1. The summed E-state index contributed by atoms with van der Waals surface area (Å²) in [5.41, 5.74) is 3.30. The summed E-state index contributed by atoms with van der Waals surface area (Å²) in [6.07, 6.45) is 1.18. The molecule has 0 aliphatic carbocycles. The molecule has 3 aromatic rings. The molecule has 0 saturated heterocycles. The molecule has 8 nitrogen and oxygen atoms in total. The van der Waals surface area contributed by atoms with Crippen LogP contribution in [0.25, 0.3) is 0 Å². The summed E-state index contributed by atoms with van der Waals surface area (Å²) >= 11 is 0. The lowest BCUT2D eigenvalue weighted by Crippen LogP contribution is -2.40. The molecule has 1 heterocycles. The molecular weight excluding hydrogens is 496 g/mol. The predicted molar refractivity (Wildman–Crippen MR) is 149 cm³/mol. The molecule has 0 saturated carbocycles. The highest BCUT2D eigenvalue weighted by Crippen LogP contribution is 2.35. The van der Waals surface area contributed by atoms with Gasteiger partial charge in [0.25, 0.3) is 5.91 Å². The number of fused-ring (bicyclic) bond motifs is 1. The van der Waals surface area contributed by atoms with Crippen LogP contribution >= 0.6 is 0 Å². The Kier molecular flexibility index (Phi) is 9.31. The number of benzene rings is 3. The summed E-state index contributed by atoms with van der Waals surface area (Å²) in [5.74, 6) is 2.33. The highest BCUT2D eigenvalue weighted by Gasteiger charge is 2.40. The average molecular weight is 533 g/mol. The van der Waals surface area contributed by atoms with E-state index in [0.717, 1.165) is 16.7 Å². The molecule has 4 rings (SSSR count). The zero-order chi connectivity index (χ0) is 27.8. The van der Waals surface area contributed by atoms with Gasteiger partial charge in [-0.2, -0.15) is 0 Å². The minimum absolute atomic E-state index is 0.137. The maximum absolute atomic E-state index is 13.5. The van der Waals surface area contributed by atoms with Gasteiger partial charge in [-0.05, 0) is 73.7 Å². The van der Waals surface area contributed by atoms with E-state index in [4.69, 9.17) is 18.9 Å². The Morgan fingerprint density at radius 3 is 2.18 bits per heavy atom. The summed E-state index contributed by atoms with van der Waals surface area (Å²) in [7, 11) is 3.19. The van der Waals surface area contributed by atoms with Gasteiger partial charge in [0.15, 0.2) is 23.0 Å². The molecule has 0 radical (unpaired) electrons. The largest absolute Gasteiger partial charge is 0.493 e. The molecule has 206 valence electrons. The second-order valence-electron chi connectivity index (χ2n) is 9.12. The highest BCUT2D eigenvalue weighted by molar-refractivity contribution is 6.04. The Balaban J connectivity index is 1.46. The second-order valence-corrected chi connectivity index (χ2v) is 9.12. The van der Waals surface area contributed by atoms with Gasteiger partial charge in [0.1, 0.15) is 6.04 Å². The SMILES string of the molecule is CCOc1ccc(CCN2C(=O)c3ccccc3C2C(=O)NCCc2ccc(OC)c(OC)c2)cc1OCC. The van der Waals surface area contributed by atoms with Crippen LogP contribution in [0.2, 0.25) is 0 Å². The van der Waals surface area contributed by atoms with E-state index >= 15 is 0 Å². The van der Waals surface area contributed by atoms with Crippen LogP contribution < -0.4 is 24.3 Å². The monoisotopic (exact) mass is 532 g/mol. The average Bonchev–Trinajstić information content (AvgIpc) is 3.24. The Labute approximate surface area is 229 Å². The Morgan fingerprint density at radius 1 is 0.821 bits per heavy atom. The molecule has 1 N–H and O–H groups in total. The van der Waals surface area contributed by atoms with Gasteiger partial charge in [-0.25, -0.2) is 0 Å². The van der Waals surface area contributed by atoms with Crippen LogP contribution in [0.1, 0.15) is 46.9 Å². The van der Waals surface area contributed by atoms with Crippen LogP contribution in [0.3, 0.4) is 0 Å². The van der Waals surface area contributed by atoms with Crippen molar-refractivity contribution in [2.45, 2.75) is 32.7 Å². The van der Waals surface area contributed by atoms with Crippen LogP contribution in [0.4, 0.5) is 0 Å². The van der Waals surface area contributed by atoms with E-state index in [1.807, 2.05) is 68.4 Å². The number of amides is 2. The third kappa shape index (κ3) is 6.28. The van der Waals surface area contributed by atoms with Crippen molar-refractivity contribution >= 4 is 11.8 Å². The lowest BCUT2D eigenvalue weighted by molar-refractivity contribution is -0.125. The number of rotatable bonds is 13. The molecule has 0 bridgehead atoms. The molecule has 2 amide bonds. The molecular formula is C31H36N2O6. The third-order valence-electron chi connectivity index (χ3n) is 6.72. The van der Waals surface area contributed by atoms with Crippen molar-refractivity contribution in [3.05, 3.63) is 82.9 Å². The van der Waals surface area contributed by atoms with E-state index in [1.165, 1.54) is 0 Å². The molecule has 0 spiro atoms. The van der Waals surface area contributed by atoms with E-state index in [1.54, 1.807) is 25.2 Å². The second kappa shape index (κ2) is 13.0. The highest BCUT2D eigenvalue weighted by atomic mass is 16.5. The Hall–Kier alpha value is -4.20. The number of hydrogen-bond acceptors (Lipinski definition) is 6. The number of methoxy groups -OCH3 is 2. The van der Waals surface area contributed by atoms with E-state index in [0.29, 0.717) is 67.7 Å². The molecule has 0 aromatic heterocycles. The van der Waals surface area contributed by atoms with Crippen molar-refractivity contribution in [3.63, 3.8) is 0 Å². The minimum atomic E-state index is -0.687. The summed E-state index contributed by atoms with van der Waals surface area (Å²) in [6.45, 7) is 5.74. The van der Waals surface area contributed by atoms with Gasteiger partial charge in [0.05, 0.1) is 27.4 Å². The van der Waals surface area contributed by atoms with Crippen molar-refractivity contribution in [1.82, 2.24) is 10.2 Å². The first kappa shape index (κ1) is 27.8. The van der Waals surface area contributed by atoms with Gasteiger partial charge < -0.3 is 29.2 Å². The smallest absolute Gasteiger partial charge is 0.255 e. The minimum Gasteiger partial charge on any atom is -0.493 e. The van der Waals surface area contributed by atoms with E-state index in [9.17, 15) is 9.59 Å². The van der Waals surface area contributed by atoms with Gasteiger partial charge in [0.2, 0.25) is 5.91 Å². The van der Waals surface area contributed by atoms with Gasteiger partial charge >= 0.3 is 0 Å². The van der Waals surface area contributed by atoms with Crippen LogP contribution in [-0.2, 0) is 17.6 Å². The molecule has 1 aliphatic heterocycles. The van der Waals surface area contributed by atoms with Crippen molar-refractivity contribution < 1.29 is 28.5 Å². The zero-order valence-electron chi connectivity index (χ0n) is 23.0. The Morgan fingerprint density at radius 2 is 1.46 bits per heavy atom. The maximum atomic E-state index is 13.5. The molecule has 1 unspecified atom stereocenters. The summed E-state index contributed by atoms with van der Waals surface area (Å²) in [5, 5.41) is 3.03. The first-order valence-corrected chi connectivity index (χ1v) is 13.3. The van der Waals surface area contributed by atoms with E-state index < -0.39 is 6.04 Å². The number of carbonyl (C=O) groups is 2. The van der Waals surface area contributed by atoms with Crippen LogP contribution in [0, 0.1) is 0 Å². The summed E-state index contributed by atoms with van der Waals surface area (Å²) < 4.78 is 22.1. The van der Waals surface area contributed by atoms with Crippen LogP contribution in [-0.4, -0.2) is 57.2 Å². The van der Waals surface area contributed by atoms with E-state index in [-0.39, 0.29) is 11.8 Å². The molecule has 1 aliphatic rings. The topological polar surface area (TPSA) is 86.3 Å². The Bertz CT molecular complexity index is 1310. The standard InChI is InChI=1S/C31H36N2O6/c1-5-38-26-14-12-22(20-28(26)39-6-2)16-18-33-29(23-9-7-8-10-24(23)31(33)35)30(34)32-17-15-21-11-13-25(36-3)27(19-21)37-4/h7-14,19-20,29H,5-6,15-18H2,1-4H3,(H,32,34). The van der Waals surface area contributed by atoms with Crippen molar-refractivity contribution in [1.29, 1.82) is 0 Å². The quantitative estimate of drug-likeness (QED) is 0.346. The lowest BCUT2D eigenvalue weighted by atomic mass is 10.0. The fraction of sp³-hybridized carbons (Fsp3) is 0.355. The van der Waals surface area contributed by atoms with Gasteiger partial charge in [-0.1, -0.05) is 30.3 Å². The molecule has 0 fully saturated rings. The number of hydrogen-bond donors (Lipinski definition) is 1. The first-order chi connectivity index (χ1) is 19.0. The fourth-order valence-electron chi connectivity index (χ4n) is 4.85. The molecule has 39 heavy (non-hydrogen) atoms. The van der Waals surface area contributed by atoms with Gasteiger partial charge in [0, 0.05) is 18.7 Å². The number of nitrogens with one attached hydrogen (secondary N) is 1. The zero-order valence-corrected chi connectivity index (χ0v) is 23.0. The number of carbonyl (C=O) groups excluding carboxylic acids is 2. The first-order valence-electron chi connectivity index (χ1n) is 13.3. The predicted octanol–water partition coefficient (Wildman–Crippen LogP) is 4.60. The molecule has 8 heteroatoms. The number of ether oxygens (including phenoxy) is 4. The normalized spacial score (nSPS) is 14.1. The fourth-order valence-corrected chi connectivity index (χ4v) is 4.85. The van der Waals surface area contributed by atoms with Gasteiger partial charge in [-0.15, -0.1) is 0 Å². The molecule has 1 atom stereocenters. The van der Waals surface area contributed by atoms with Crippen molar-refractivity contribution in [2.24, 2.45) is 0 Å². The third-order valence-corrected chi connectivity index (χ3v) is 6.72. The summed E-state index contributed by atoms with van der Waals surface area (Å²) in [4.78, 5) is 28.5. The summed E-state index contributed by atoms with van der Waals surface area (Å²) in [6, 6.07) is 18.1. The van der Waals surface area contributed by atoms with Crippen LogP contribution in [0.5, 0.6) is 23.0 Å².